The molecule has 0 radical (unpaired) electrons. The van der Waals surface area contributed by atoms with Gasteiger partial charge in [-0.15, -0.1) is 0 Å². The number of rotatable bonds is 2. The third-order valence-corrected chi connectivity index (χ3v) is 5.46. The molecule has 2 aromatic rings. The maximum Gasteiger partial charge on any atom is 0.0924 e. The molecule has 2 fully saturated rings. The van der Waals surface area contributed by atoms with Crippen LogP contribution in [0.25, 0.3) is 10.9 Å². The Labute approximate surface area is 125 Å². The lowest BCUT2D eigenvalue weighted by Crippen LogP contribution is -2.38. The number of nitrogens with zero attached hydrogens (tertiary/aromatic N) is 2. The predicted octanol–water partition coefficient (Wildman–Crippen LogP) is 2.53. The van der Waals surface area contributed by atoms with Gasteiger partial charge in [-0.3, -0.25) is 10.00 Å². The smallest absolute Gasteiger partial charge is 0.0924 e. The first-order valence-electron chi connectivity index (χ1n) is 8.13. The topological polar surface area (TPSA) is 44.0 Å². The summed E-state index contributed by atoms with van der Waals surface area (Å²) in [5.74, 6) is 0. The highest BCUT2D eigenvalue weighted by atomic mass is 15.2. The number of benzene rings is 1. The lowest BCUT2D eigenvalue weighted by Gasteiger charge is -2.33. The third kappa shape index (κ3) is 2.36. The summed E-state index contributed by atoms with van der Waals surface area (Å²) in [7, 11) is 0. The first-order valence-corrected chi connectivity index (χ1v) is 8.13. The highest BCUT2D eigenvalue weighted by Crippen LogP contribution is 2.42. The molecular formula is C17H24N4. The van der Waals surface area contributed by atoms with Crippen LogP contribution < -0.4 is 5.32 Å². The van der Waals surface area contributed by atoms with Crippen molar-refractivity contribution >= 4 is 10.9 Å². The molecular weight excluding hydrogens is 260 g/mol. The van der Waals surface area contributed by atoms with Crippen molar-refractivity contribution in [3.63, 3.8) is 0 Å². The standard InChI is InChI=1S/C17H24N4/c1-13-10-17(6-8-18-9-7-17)12-21(13)11-16-14-4-2-3-5-15(14)19-20-16/h2-5,13,18H,6-12H2,1H3,(H,19,20). The molecule has 112 valence electrons. The van der Waals surface area contributed by atoms with Gasteiger partial charge in [-0.2, -0.15) is 5.10 Å². The zero-order valence-corrected chi connectivity index (χ0v) is 12.7. The fourth-order valence-electron chi connectivity index (χ4n) is 4.28. The summed E-state index contributed by atoms with van der Waals surface area (Å²) in [5.41, 5.74) is 2.90. The van der Waals surface area contributed by atoms with E-state index < -0.39 is 0 Å². The number of aromatic nitrogens is 2. The zero-order chi connectivity index (χ0) is 14.3. The molecule has 4 heteroatoms. The number of fused-ring (bicyclic) bond motifs is 1. The number of likely N-dealkylation sites (tertiary alicyclic amines) is 1. The molecule has 0 amide bonds. The van der Waals surface area contributed by atoms with E-state index in [2.05, 4.69) is 51.6 Å². The molecule has 1 atom stereocenters. The van der Waals surface area contributed by atoms with Crippen molar-refractivity contribution in [3.05, 3.63) is 30.0 Å². The van der Waals surface area contributed by atoms with Crippen LogP contribution in [0.4, 0.5) is 0 Å². The number of hydrogen-bond acceptors (Lipinski definition) is 3. The summed E-state index contributed by atoms with van der Waals surface area (Å²) < 4.78 is 0. The van der Waals surface area contributed by atoms with Gasteiger partial charge < -0.3 is 5.32 Å². The molecule has 0 aliphatic carbocycles. The number of aromatic amines is 1. The summed E-state index contributed by atoms with van der Waals surface area (Å²) in [4.78, 5) is 2.64. The first-order chi connectivity index (χ1) is 10.3. The largest absolute Gasteiger partial charge is 0.317 e. The van der Waals surface area contributed by atoms with Crippen molar-refractivity contribution in [3.8, 4) is 0 Å². The lowest BCUT2D eigenvalue weighted by molar-refractivity contribution is 0.189. The van der Waals surface area contributed by atoms with Gasteiger partial charge in [-0.05, 0) is 50.8 Å². The Kier molecular flexibility index (Phi) is 3.23. The Hall–Kier alpha value is -1.39. The number of H-pyrrole nitrogens is 1. The summed E-state index contributed by atoms with van der Waals surface area (Å²) in [6.45, 7) is 7.00. The fourth-order valence-corrected chi connectivity index (χ4v) is 4.28. The quantitative estimate of drug-likeness (QED) is 0.890. The van der Waals surface area contributed by atoms with Crippen molar-refractivity contribution in [2.45, 2.75) is 38.8 Å². The predicted molar refractivity (Wildman–Crippen MR) is 85.1 cm³/mol. The van der Waals surface area contributed by atoms with Crippen molar-refractivity contribution in [2.75, 3.05) is 19.6 Å². The molecule has 1 aromatic heterocycles. The Morgan fingerprint density at radius 2 is 2.10 bits per heavy atom. The van der Waals surface area contributed by atoms with E-state index in [4.69, 9.17) is 0 Å². The van der Waals surface area contributed by atoms with Crippen LogP contribution in [-0.2, 0) is 6.54 Å². The molecule has 1 unspecified atom stereocenters. The molecule has 3 heterocycles. The zero-order valence-electron chi connectivity index (χ0n) is 12.7. The van der Waals surface area contributed by atoms with Crippen molar-refractivity contribution in [1.29, 1.82) is 0 Å². The molecule has 1 spiro atoms. The number of hydrogen-bond donors (Lipinski definition) is 2. The van der Waals surface area contributed by atoms with E-state index in [1.165, 1.54) is 50.0 Å². The normalized spacial score (nSPS) is 25.9. The average Bonchev–Trinajstić information content (AvgIpc) is 3.03. The highest BCUT2D eigenvalue weighted by molar-refractivity contribution is 5.81. The van der Waals surface area contributed by atoms with Gasteiger partial charge >= 0.3 is 0 Å². The van der Waals surface area contributed by atoms with E-state index in [0.717, 1.165) is 12.1 Å². The van der Waals surface area contributed by atoms with E-state index in [-0.39, 0.29) is 0 Å². The van der Waals surface area contributed by atoms with Gasteiger partial charge in [-0.25, -0.2) is 0 Å². The van der Waals surface area contributed by atoms with Crippen LogP contribution in [0.5, 0.6) is 0 Å². The van der Waals surface area contributed by atoms with Crippen molar-refractivity contribution < 1.29 is 0 Å². The summed E-state index contributed by atoms with van der Waals surface area (Å²) in [6, 6.07) is 9.08. The van der Waals surface area contributed by atoms with Crippen LogP contribution in [-0.4, -0.2) is 40.8 Å². The van der Waals surface area contributed by atoms with Crippen LogP contribution in [0.3, 0.4) is 0 Å². The minimum atomic E-state index is 0.556. The van der Waals surface area contributed by atoms with Crippen LogP contribution in [0.2, 0.25) is 0 Å². The molecule has 2 aliphatic rings. The van der Waals surface area contributed by atoms with Gasteiger partial charge in [0.15, 0.2) is 0 Å². The number of piperidine rings is 1. The van der Waals surface area contributed by atoms with Gasteiger partial charge in [-0.1, -0.05) is 18.2 Å². The highest BCUT2D eigenvalue weighted by Gasteiger charge is 2.42. The van der Waals surface area contributed by atoms with Gasteiger partial charge in [0, 0.05) is 24.5 Å². The van der Waals surface area contributed by atoms with Gasteiger partial charge in [0.05, 0.1) is 11.2 Å². The molecule has 0 bridgehead atoms. The third-order valence-electron chi connectivity index (χ3n) is 5.46. The summed E-state index contributed by atoms with van der Waals surface area (Å²) in [5, 5.41) is 12.5. The molecule has 1 aromatic carbocycles. The van der Waals surface area contributed by atoms with E-state index >= 15 is 0 Å². The maximum atomic E-state index is 4.43. The molecule has 2 saturated heterocycles. The lowest BCUT2D eigenvalue weighted by atomic mass is 9.77. The Morgan fingerprint density at radius 1 is 1.29 bits per heavy atom. The minimum absolute atomic E-state index is 0.556. The molecule has 2 N–H and O–H groups in total. The molecule has 2 aliphatic heterocycles. The van der Waals surface area contributed by atoms with Gasteiger partial charge in [0.1, 0.15) is 0 Å². The van der Waals surface area contributed by atoms with Crippen LogP contribution in [0, 0.1) is 5.41 Å². The van der Waals surface area contributed by atoms with E-state index in [1.807, 2.05) is 0 Å². The summed E-state index contributed by atoms with van der Waals surface area (Å²) in [6.07, 6.45) is 4.01. The van der Waals surface area contributed by atoms with Crippen LogP contribution in [0.15, 0.2) is 24.3 Å². The second-order valence-electron chi connectivity index (χ2n) is 6.93. The molecule has 21 heavy (non-hydrogen) atoms. The molecule has 0 saturated carbocycles. The Morgan fingerprint density at radius 3 is 2.95 bits per heavy atom. The van der Waals surface area contributed by atoms with Crippen LogP contribution in [0.1, 0.15) is 31.9 Å². The van der Waals surface area contributed by atoms with Gasteiger partial charge in [0.25, 0.3) is 0 Å². The molecule has 4 rings (SSSR count). The van der Waals surface area contributed by atoms with Crippen molar-refractivity contribution in [1.82, 2.24) is 20.4 Å². The van der Waals surface area contributed by atoms with Crippen LogP contribution >= 0.6 is 0 Å². The van der Waals surface area contributed by atoms with E-state index in [9.17, 15) is 0 Å². The van der Waals surface area contributed by atoms with E-state index in [1.54, 1.807) is 0 Å². The minimum Gasteiger partial charge on any atom is -0.317 e. The Bertz CT molecular complexity index is 627. The fraction of sp³-hybridized carbons (Fsp3) is 0.588. The average molecular weight is 284 g/mol. The monoisotopic (exact) mass is 284 g/mol. The maximum absolute atomic E-state index is 4.43. The number of para-hydroxylation sites is 1. The SMILES string of the molecule is CC1CC2(CCNCC2)CN1Cc1[nH]nc2ccccc12. The van der Waals surface area contributed by atoms with E-state index in [0.29, 0.717) is 11.5 Å². The second-order valence-corrected chi connectivity index (χ2v) is 6.93. The van der Waals surface area contributed by atoms with Crippen molar-refractivity contribution in [2.24, 2.45) is 5.41 Å². The second kappa shape index (κ2) is 5.11. The Balaban J connectivity index is 1.54. The molecule has 4 nitrogen and oxygen atoms in total. The summed E-state index contributed by atoms with van der Waals surface area (Å²) >= 11 is 0. The number of nitrogens with one attached hydrogen (secondary N) is 2. The first kappa shape index (κ1) is 13.3. The van der Waals surface area contributed by atoms with Gasteiger partial charge in [0.2, 0.25) is 0 Å².